The number of hydrazone groups is 1. The molecule has 0 bridgehead atoms. The molecule has 1 aromatic carbocycles. The van der Waals surface area contributed by atoms with Gasteiger partial charge in [-0.05, 0) is 12.1 Å². The number of nitrogens with zero attached hydrogens (tertiary/aromatic N) is 2. The standard InChI is InChI=1S/C10H12ClN3/c1-7-6-14(13-10(7)12)9-5-3-2-4-8(9)11/h2-5,7H,6H2,1H3,(H2,12,13)/t7-/m1/s1. The molecule has 3 nitrogen and oxygen atoms in total. The first kappa shape index (κ1) is 9.34. The van der Waals surface area contributed by atoms with E-state index in [1.54, 1.807) is 0 Å². The predicted molar refractivity (Wildman–Crippen MR) is 59.6 cm³/mol. The van der Waals surface area contributed by atoms with Gasteiger partial charge in [0.05, 0.1) is 17.3 Å². The van der Waals surface area contributed by atoms with E-state index in [-0.39, 0.29) is 0 Å². The van der Waals surface area contributed by atoms with Crippen LogP contribution in [0.1, 0.15) is 6.92 Å². The van der Waals surface area contributed by atoms with Gasteiger partial charge in [0.15, 0.2) is 0 Å². The lowest BCUT2D eigenvalue weighted by atomic mass is 10.2. The van der Waals surface area contributed by atoms with Crippen molar-refractivity contribution in [2.75, 3.05) is 11.6 Å². The predicted octanol–water partition coefficient (Wildman–Crippen LogP) is 2.07. The number of hydrogen-bond acceptors (Lipinski definition) is 3. The van der Waals surface area contributed by atoms with E-state index < -0.39 is 0 Å². The van der Waals surface area contributed by atoms with E-state index in [0.29, 0.717) is 16.8 Å². The SMILES string of the molecule is C[C@@H]1CN(c2ccccc2Cl)N=C1N. The second-order valence-corrected chi connectivity index (χ2v) is 3.87. The number of para-hydroxylation sites is 1. The fourth-order valence-corrected chi connectivity index (χ4v) is 1.68. The minimum absolute atomic E-state index is 0.297. The zero-order valence-electron chi connectivity index (χ0n) is 7.94. The number of rotatable bonds is 1. The highest BCUT2D eigenvalue weighted by Gasteiger charge is 2.22. The lowest BCUT2D eigenvalue weighted by molar-refractivity contribution is 0.773. The highest BCUT2D eigenvalue weighted by Crippen LogP contribution is 2.28. The highest BCUT2D eigenvalue weighted by atomic mass is 35.5. The van der Waals surface area contributed by atoms with Gasteiger partial charge >= 0.3 is 0 Å². The smallest absolute Gasteiger partial charge is 0.124 e. The molecule has 0 aliphatic carbocycles. The Kier molecular flexibility index (Phi) is 2.33. The van der Waals surface area contributed by atoms with Gasteiger partial charge in [0.2, 0.25) is 0 Å². The molecule has 2 rings (SSSR count). The van der Waals surface area contributed by atoms with Crippen LogP contribution in [0.4, 0.5) is 5.69 Å². The maximum absolute atomic E-state index is 6.05. The molecule has 2 N–H and O–H groups in total. The summed E-state index contributed by atoms with van der Waals surface area (Å²) in [6, 6.07) is 7.64. The zero-order valence-corrected chi connectivity index (χ0v) is 8.70. The number of nitrogens with two attached hydrogens (primary N) is 1. The van der Waals surface area contributed by atoms with Crippen molar-refractivity contribution in [3.05, 3.63) is 29.3 Å². The summed E-state index contributed by atoms with van der Waals surface area (Å²) in [6.45, 7) is 2.85. The third-order valence-electron chi connectivity index (χ3n) is 2.32. The summed E-state index contributed by atoms with van der Waals surface area (Å²) in [7, 11) is 0. The molecule has 0 amide bonds. The Morgan fingerprint density at radius 2 is 2.21 bits per heavy atom. The summed E-state index contributed by atoms with van der Waals surface area (Å²) in [4.78, 5) is 0. The monoisotopic (exact) mass is 209 g/mol. The first-order valence-corrected chi connectivity index (χ1v) is 4.92. The van der Waals surface area contributed by atoms with Crippen molar-refractivity contribution in [1.82, 2.24) is 0 Å². The van der Waals surface area contributed by atoms with Crippen LogP contribution < -0.4 is 10.7 Å². The van der Waals surface area contributed by atoms with E-state index >= 15 is 0 Å². The van der Waals surface area contributed by atoms with Gasteiger partial charge in [-0.1, -0.05) is 30.7 Å². The second-order valence-electron chi connectivity index (χ2n) is 3.46. The van der Waals surface area contributed by atoms with Gasteiger partial charge in [0, 0.05) is 5.92 Å². The third kappa shape index (κ3) is 1.55. The normalized spacial score (nSPS) is 21.1. The summed E-state index contributed by atoms with van der Waals surface area (Å²) in [5, 5.41) is 6.80. The van der Waals surface area contributed by atoms with Gasteiger partial charge in [0.25, 0.3) is 0 Å². The molecule has 1 aliphatic heterocycles. The minimum Gasteiger partial charge on any atom is -0.385 e. The third-order valence-corrected chi connectivity index (χ3v) is 2.64. The quantitative estimate of drug-likeness (QED) is 0.770. The molecule has 4 heteroatoms. The lowest BCUT2D eigenvalue weighted by Gasteiger charge is -2.15. The Morgan fingerprint density at radius 1 is 1.50 bits per heavy atom. The molecule has 0 spiro atoms. The average Bonchev–Trinajstić information content (AvgIpc) is 2.48. The van der Waals surface area contributed by atoms with E-state index in [0.717, 1.165) is 12.2 Å². The Hall–Kier alpha value is -1.22. The van der Waals surface area contributed by atoms with Crippen molar-refractivity contribution < 1.29 is 0 Å². The Labute approximate surface area is 88.2 Å². The molecule has 0 unspecified atom stereocenters. The molecule has 0 aromatic heterocycles. The van der Waals surface area contributed by atoms with Crippen molar-refractivity contribution >= 4 is 23.1 Å². The Balaban J connectivity index is 2.30. The molecule has 1 aromatic rings. The molecule has 0 saturated heterocycles. The van der Waals surface area contributed by atoms with Crippen LogP contribution in [-0.2, 0) is 0 Å². The van der Waals surface area contributed by atoms with Gasteiger partial charge in [-0.15, -0.1) is 0 Å². The van der Waals surface area contributed by atoms with Crippen LogP contribution in [0, 0.1) is 5.92 Å². The van der Waals surface area contributed by atoms with Crippen molar-refractivity contribution in [2.45, 2.75) is 6.92 Å². The van der Waals surface area contributed by atoms with Crippen molar-refractivity contribution in [3.63, 3.8) is 0 Å². The number of anilines is 1. The maximum Gasteiger partial charge on any atom is 0.124 e. The first-order chi connectivity index (χ1) is 6.68. The van der Waals surface area contributed by atoms with E-state index in [1.807, 2.05) is 29.3 Å². The van der Waals surface area contributed by atoms with Gasteiger partial charge < -0.3 is 5.73 Å². The molecular weight excluding hydrogens is 198 g/mol. The van der Waals surface area contributed by atoms with Crippen LogP contribution in [0.5, 0.6) is 0 Å². The van der Waals surface area contributed by atoms with Crippen LogP contribution in [0.3, 0.4) is 0 Å². The highest BCUT2D eigenvalue weighted by molar-refractivity contribution is 6.33. The van der Waals surface area contributed by atoms with Crippen LogP contribution in [0.25, 0.3) is 0 Å². The fraction of sp³-hybridized carbons (Fsp3) is 0.300. The number of halogens is 1. The number of hydrogen-bond donors (Lipinski definition) is 1. The molecule has 0 saturated carbocycles. The zero-order chi connectivity index (χ0) is 10.1. The van der Waals surface area contributed by atoms with Crippen LogP contribution in [0.2, 0.25) is 5.02 Å². The maximum atomic E-state index is 6.05. The summed E-state index contributed by atoms with van der Waals surface area (Å²) in [6.07, 6.45) is 0. The van der Waals surface area contributed by atoms with Gasteiger partial charge in [-0.3, -0.25) is 5.01 Å². The molecule has 0 fully saturated rings. The minimum atomic E-state index is 0.297. The van der Waals surface area contributed by atoms with E-state index in [2.05, 4.69) is 12.0 Å². The first-order valence-electron chi connectivity index (χ1n) is 4.54. The van der Waals surface area contributed by atoms with Crippen LogP contribution in [-0.4, -0.2) is 12.4 Å². The fourth-order valence-electron chi connectivity index (χ4n) is 1.44. The molecule has 0 radical (unpaired) electrons. The van der Waals surface area contributed by atoms with Crippen LogP contribution >= 0.6 is 11.6 Å². The summed E-state index contributed by atoms with van der Waals surface area (Å²) < 4.78 is 0. The largest absolute Gasteiger partial charge is 0.385 e. The van der Waals surface area contributed by atoms with E-state index in [1.165, 1.54) is 0 Å². The summed E-state index contributed by atoms with van der Waals surface area (Å²) >= 11 is 6.05. The van der Waals surface area contributed by atoms with Crippen molar-refractivity contribution in [3.8, 4) is 0 Å². The van der Waals surface area contributed by atoms with Gasteiger partial charge in [-0.2, -0.15) is 5.10 Å². The number of benzene rings is 1. The molecule has 1 aliphatic rings. The second kappa shape index (κ2) is 3.50. The van der Waals surface area contributed by atoms with E-state index in [4.69, 9.17) is 17.3 Å². The number of amidine groups is 1. The van der Waals surface area contributed by atoms with E-state index in [9.17, 15) is 0 Å². The Morgan fingerprint density at radius 3 is 2.79 bits per heavy atom. The average molecular weight is 210 g/mol. The van der Waals surface area contributed by atoms with Crippen LogP contribution in [0.15, 0.2) is 29.4 Å². The topological polar surface area (TPSA) is 41.6 Å². The van der Waals surface area contributed by atoms with Crippen molar-refractivity contribution in [2.24, 2.45) is 16.8 Å². The molecule has 74 valence electrons. The Bertz CT molecular complexity index is 375. The molecule has 1 heterocycles. The summed E-state index contributed by atoms with van der Waals surface area (Å²) in [5.41, 5.74) is 6.64. The lowest BCUT2D eigenvalue weighted by Crippen LogP contribution is -2.20. The van der Waals surface area contributed by atoms with Crippen molar-refractivity contribution in [1.29, 1.82) is 0 Å². The molecule has 1 atom stereocenters. The summed E-state index contributed by atoms with van der Waals surface area (Å²) in [5.74, 6) is 0.969. The van der Waals surface area contributed by atoms with Gasteiger partial charge in [0.1, 0.15) is 5.84 Å². The molecular formula is C10H12ClN3. The van der Waals surface area contributed by atoms with Gasteiger partial charge in [-0.25, -0.2) is 0 Å². The molecule has 14 heavy (non-hydrogen) atoms.